The topological polar surface area (TPSA) is 71.2 Å². The first-order valence-corrected chi connectivity index (χ1v) is 6.88. The molecule has 0 fully saturated rings. The van der Waals surface area contributed by atoms with Crippen LogP contribution in [0.15, 0.2) is 47.4 Å². The van der Waals surface area contributed by atoms with Crippen molar-refractivity contribution in [2.45, 2.75) is 19.9 Å². The SMILES string of the molecule is CCCOc1ccc(CNC(=O)c2ccc[nH]c2=O)cc1. The average Bonchev–Trinajstić information content (AvgIpc) is 2.52. The first-order chi connectivity index (χ1) is 10.2. The van der Waals surface area contributed by atoms with Gasteiger partial charge in [-0.2, -0.15) is 0 Å². The van der Waals surface area contributed by atoms with Crippen LogP contribution in [0.2, 0.25) is 0 Å². The number of benzene rings is 1. The summed E-state index contributed by atoms with van der Waals surface area (Å²) >= 11 is 0. The van der Waals surface area contributed by atoms with Crippen molar-refractivity contribution >= 4 is 5.91 Å². The Morgan fingerprint density at radius 3 is 2.67 bits per heavy atom. The summed E-state index contributed by atoms with van der Waals surface area (Å²) in [6.07, 6.45) is 2.46. The number of rotatable bonds is 6. The highest BCUT2D eigenvalue weighted by Crippen LogP contribution is 2.12. The van der Waals surface area contributed by atoms with Crippen LogP contribution in [0.5, 0.6) is 5.75 Å². The number of amides is 1. The molecule has 0 spiro atoms. The standard InChI is InChI=1S/C16H18N2O3/c1-2-10-21-13-7-5-12(6-8-13)11-18-16(20)14-4-3-9-17-15(14)19/h3-9H,2,10-11H2,1H3,(H,17,19)(H,18,20). The minimum Gasteiger partial charge on any atom is -0.494 e. The van der Waals surface area contributed by atoms with E-state index in [-0.39, 0.29) is 11.5 Å². The number of aromatic nitrogens is 1. The monoisotopic (exact) mass is 286 g/mol. The van der Waals surface area contributed by atoms with Crippen molar-refractivity contribution < 1.29 is 9.53 Å². The van der Waals surface area contributed by atoms with Gasteiger partial charge in [-0.25, -0.2) is 0 Å². The Bertz CT molecular complexity index is 647. The van der Waals surface area contributed by atoms with Gasteiger partial charge in [0.15, 0.2) is 0 Å². The number of hydrogen-bond acceptors (Lipinski definition) is 3. The fourth-order valence-corrected chi connectivity index (χ4v) is 1.80. The van der Waals surface area contributed by atoms with Crippen LogP contribution in [0.1, 0.15) is 29.3 Å². The molecule has 0 saturated heterocycles. The van der Waals surface area contributed by atoms with Gasteiger partial charge in [0.25, 0.3) is 11.5 Å². The van der Waals surface area contributed by atoms with E-state index >= 15 is 0 Å². The number of H-pyrrole nitrogens is 1. The number of nitrogens with one attached hydrogen (secondary N) is 2. The Morgan fingerprint density at radius 1 is 1.24 bits per heavy atom. The summed E-state index contributed by atoms with van der Waals surface area (Å²) < 4.78 is 5.49. The minimum absolute atomic E-state index is 0.111. The molecule has 5 nitrogen and oxygen atoms in total. The van der Waals surface area contributed by atoms with Crippen LogP contribution in [-0.2, 0) is 6.54 Å². The zero-order chi connectivity index (χ0) is 15.1. The minimum atomic E-state index is -0.390. The van der Waals surface area contributed by atoms with Crippen LogP contribution in [0, 0.1) is 0 Å². The maximum Gasteiger partial charge on any atom is 0.260 e. The van der Waals surface area contributed by atoms with E-state index in [0.29, 0.717) is 13.2 Å². The van der Waals surface area contributed by atoms with Gasteiger partial charge in [-0.3, -0.25) is 9.59 Å². The zero-order valence-corrected chi connectivity index (χ0v) is 11.9. The van der Waals surface area contributed by atoms with Gasteiger partial charge in [-0.05, 0) is 36.2 Å². The van der Waals surface area contributed by atoms with E-state index in [4.69, 9.17) is 4.74 Å². The Labute approximate surface area is 123 Å². The summed E-state index contributed by atoms with van der Waals surface area (Å²) in [5, 5.41) is 2.72. The van der Waals surface area contributed by atoms with Gasteiger partial charge in [0.1, 0.15) is 11.3 Å². The number of pyridine rings is 1. The molecule has 0 bridgehead atoms. The van der Waals surface area contributed by atoms with Crippen LogP contribution in [0.4, 0.5) is 0 Å². The zero-order valence-electron chi connectivity index (χ0n) is 11.9. The molecule has 0 atom stereocenters. The predicted octanol–water partition coefficient (Wildman–Crippen LogP) is 2.09. The van der Waals surface area contributed by atoms with Crippen molar-refractivity contribution in [1.82, 2.24) is 10.3 Å². The Morgan fingerprint density at radius 2 is 2.00 bits per heavy atom. The largest absolute Gasteiger partial charge is 0.494 e. The van der Waals surface area contributed by atoms with Crippen molar-refractivity contribution in [2.75, 3.05) is 6.61 Å². The van der Waals surface area contributed by atoms with Crippen LogP contribution >= 0.6 is 0 Å². The molecule has 0 unspecified atom stereocenters. The van der Waals surface area contributed by atoms with Crippen LogP contribution in [-0.4, -0.2) is 17.5 Å². The van der Waals surface area contributed by atoms with Crippen LogP contribution in [0.3, 0.4) is 0 Å². The molecular formula is C16H18N2O3. The Kier molecular flexibility index (Phi) is 5.15. The summed E-state index contributed by atoms with van der Waals surface area (Å²) in [5.41, 5.74) is 0.665. The fourth-order valence-electron chi connectivity index (χ4n) is 1.80. The molecule has 1 amide bonds. The lowest BCUT2D eigenvalue weighted by Gasteiger charge is -2.07. The van der Waals surface area contributed by atoms with Crippen molar-refractivity contribution in [3.05, 3.63) is 64.1 Å². The molecule has 0 radical (unpaired) electrons. The Balaban J connectivity index is 1.92. The molecule has 2 N–H and O–H groups in total. The van der Waals surface area contributed by atoms with Gasteiger partial charge in [-0.1, -0.05) is 19.1 Å². The molecule has 0 aliphatic carbocycles. The van der Waals surface area contributed by atoms with Gasteiger partial charge in [-0.15, -0.1) is 0 Å². The normalized spacial score (nSPS) is 10.1. The molecular weight excluding hydrogens is 268 g/mol. The van der Waals surface area contributed by atoms with Crippen molar-refractivity contribution in [2.24, 2.45) is 0 Å². The second-order valence-electron chi connectivity index (χ2n) is 4.59. The molecule has 1 aromatic heterocycles. The van der Waals surface area contributed by atoms with Gasteiger partial charge in [0.2, 0.25) is 0 Å². The second kappa shape index (κ2) is 7.28. The number of carbonyl (C=O) groups excluding carboxylic acids is 1. The van der Waals surface area contributed by atoms with E-state index in [0.717, 1.165) is 17.7 Å². The van der Waals surface area contributed by atoms with Gasteiger partial charge >= 0.3 is 0 Å². The molecule has 1 heterocycles. The number of carbonyl (C=O) groups is 1. The van der Waals surface area contributed by atoms with E-state index in [1.807, 2.05) is 24.3 Å². The molecule has 2 rings (SSSR count). The van der Waals surface area contributed by atoms with Gasteiger partial charge in [0.05, 0.1) is 6.61 Å². The summed E-state index contributed by atoms with van der Waals surface area (Å²) in [7, 11) is 0. The molecule has 0 aliphatic rings. The lowest BCUT2D eigenvalue weighted by molar-refractivity contribution is 0.0949. The maximum absolute atomic E-state index is 11.9. The quantitative estimate of drug-likeness (QED) is 0.854. The van der Waals surface area contributed by atoms with Crippen molar-refractivity contribution in [3.63, 3.8) is 0 Å². The highest BCUT2D eigenvalue weighted by molar-refractivity contribution is 5.93. The highest BCUT2D eigenvalue weighted by Gasteiger charge is 2.08. The van der Waals surface area contributed by atoms with Crippen molar-refractivity contribution in [3.8, 4) is 5.75 Å². The summed E-state index contributed by atoms with van der Waals surface area (Å²) in [6.45, 7) is 3.10. The maximum atomic E-state index is 11.9. The summed E-state index contributed by atoms with van der Waals surface area (Å²) in [5.74, 6) is 0.426. The molecule has 5 heteroatoms. The number of ether oxygens (including phenoxy) is 1. The smallest absolute Gasteiger partial charge is 0.260 e. The lowest BCUT2D eigenvalue weighted by Crippen LogP contribution is -2.28. The van der Waals surface area contributed by atoms with E-state index in [1.54, 1.807) is 6.07 Å². The van der Waals surface area contributed by atoms with Gasteiger partial charge < -0.3 is 15.0 Å². The first kappa shape index (κ1) is 14.8. The molecule has 0 aliphatic heterocycles. The molecule has 110 valence electrons. The third-order valence-electron chi connectivity index (χ3n) is 2.91. The predicted molar refractivity (Wildman–Crippen MR) is 80.5 cm³/mol. The number of hydrogen-bond donors (Lipinski definition) is 2. The number of aromatic amines is 1. The summed E-state index contributed by atoms with van der Waals surface area (Å²) in [6, 6.07) is 10.6. The van der Waals surface area contributed by atoms with Gasteiger partial charge in [0, 0.05) is 12.7 Å². The van der Waals surface area contributed by atoms with E-state index in [1.165, 1.54) is 12.3 Å². The van der Waals surface area contributed by atoms with E-state index in [2.05, 4.69) is 17.2 Å². The highest BCUT2D eigenvalue weighted by atomic mass is 16.5. The second-order valence-corrected chi connectivity index (χ2v) is 4.59. The van der Waals surface area contributed by atoms with E-state index < -0.39 is 5.56 Å². The first-order valence-electron chi connectivity index (χ1n) is 6.88. The average molecular weight is 286 g/mol. The van der Waals surface area contributed by atoms with Crippen molar-refractivity contribution in [1.29, 1.82) is 0 Å². The summed E-state index contributed by atoms with van der Waals surface area (Å²) in [4.78, 5) is 25.8. The molecule has 0 saturated carbocycles. The Hall–Kier alpha value is -2.56. The van der Waals surface area contributed by atoms with Crippen LogP contribution < -0.4 is 15.6 Å². The third kappa shape index (κ3) is 4.21. The van der Waals surface area contributed by atoms with Crippen LogP contribution in [0.25, 0.3) is 0 Å². The fraction of sp³-hybridized carbons (Fsp3) is 0.250. The third-order valence-corrected chi connectivity index (χ3v) is 2.91. The van der Waals surface area contributed by atoms with E-state index in [9.17, 15) is 9.59 Å². The molecule has 2 aromatic rings. The lowest BCUT2D eigenvalue weighted by atomic mass is 10.2. The molecule has 1 aromatic carbocycles. The molecule has 21 heavy (non-hydrogen) atoms.